The molecule has 1 aromatic carbocycles. The highest BCUT2D eigenvalue weighted by atomic mass is 16.5. The SMILES string of the molecule is [C-]#[N+]/C(=C\C)c1cc(CCC(C)CCCC)c(/C(C#N)=C/C)cc1OC. The predicted octanol–water partition coefficient (Wildman–Crippen LogP) is 6.66. The molecule has 1 aromatic rings. The number of rotatable bonds is 9. The number of aryl methyl sites for hydroxylation is 1. The van der Waals surface area contributed by atoms with Gasteiger partial charge in [-0.15, -0.1) is 0 Å². The molecule has 1 unspecified atom stereocenters. The fourth-order valence-corrected chi connectivity index (χ4v) is 3.11. The maximum Gasteiger partial charge on any atom is 0.193 e. The molecule has 0 amide bonds. The molecule has 0 heterocycles. The van der Waals surface area contributed by atoms with Crippen LogP contribution in [0.25, 0.3) is 16.1 Å². The van der Waals surface area contributed by atoms with Gasteiger partial charge < -0.3 is 4.74 Å². The molecule has 1 atom stereocenters. The molecule has 0 aliphatic rings. The summed E-state index contributed by atoms with van der Waals surface area (Å²) in [6.07, 6.45) is 9.31. The minimum Gasteiger partial charge on any atom is -0.497 e. The summed E-state index contributed by atoms with van der Waals surface area (Å²) in [5.41, 5.74) is 4.06. The van der Waals surface area contributed by atoms with E-state index in [1.165, 1.54) is 19.3 Å². The second-order valence-corrected chi connectivity index (χ2v) is 6.60. The summed E-state index contributed by atoms with van der Waals surface area (Å²) in [4.78, 5) is 3.63. The Morgan fingerprint density at radius 2 is 2.00 bits per heavy atom. The molecular weight excluding hydrogens is 320 g/mol. The van der Waals surface area contributed by atoms with Crippen molar-refractivity contribution in [1.82, 2.24) is 0 Å². The Labute approximate surface area is 158 Å². The number of benzene rings is 1. The van der Waals surface area contributed by atoms with Crippen molar-refractivity contribution in [1.29, 1.82) is 5.26 Å². The van der Waals surface area contributed by atoms with E-state index in [1.54, 1.807) is 13.2 Å². The van der Waals surface area contributed by atoms with Gasteiger partial charge in [0.15, 0.2) is 5.70 Å². The van der Waals surface area contributed by atoms with E-state index in [0.717, 1.165) is 29.5 Å². The quantitative estimate of drug-likeness (QED) is 0.369. The first-order valence-electron chi connectivity index (χ1n) is 9.37. The van der Waals surface area contributed by atoms with E-state index >= 15 is 0 Å². The van der Waals surface area contributed by atoms with Crippen LogP contribution >= 0.6 is 0 Å². The van der Waals surface area contributed by atoms with Gasteiger partial charge >= 0.3 is 0 Å². The van der Waals surface area contributed by atoms with E-state index in [0.29, 0.717) is 22.9 Å². The lowest BCUT2D eigenvalue weighted by molar-refractivity contribution is 0.413. The molecule has 3 nitrogen and oxygen atoms in total. The average molecular weight is 351 g/mol. The molecule has 0 aliphatic heterocycles. The minimum absolute atomic E-state index is 0.577. The summed E-state index contributed by atoms with van der Waals surface area (Å²) in [5.74, 6) is 1.29. The summed E-state index contributed by atoms with van der Waals surface area (Å²) in [6.45, 7) is 15.7. The Kier molecular flexibility index (Phi) is 9.24. The van der Waals surface area contributed by atoms with E-state index in [-0.39, 0.29) is 0 Å². The van der Waals surface area contributed by atoms with Crippen LogP contribution < -0.4 is 4.74 Å². The first-order chi connectivity index (χ1) is 12.6. The van der Waals surface area contributed by atoms with Crippen molar-refractivity contribution in [2.45, 2.75) is 59.8 Å². The van der Waals surface area contributed by atoms with Crippen LogP contribution in [-0.2, 0) is 6.42 Å². The number of allylic oxidation sites excluding steroid dienone is 3. The van der Waals surface area contributed by atoms with E-state index < -0.39 is 0 Å². The van der Waals surface area contributed by atoms with Crippen LogP contribution in [0.2, 0.25) is 0 Å². The van der Waals surface area contributed by atoms with Crippen LogP contribution in [0.5, 0.6) is 5.75 Å². The van der Waals surface area contributed by atoms with Gasteiger partial charge in [0.1, 0.15) is 5.75 Å². The number of methoxy groups -OCH3 is 1. The zero-order chi connectivity index (χ0) is 19.5. The van der Waals surface area contributed by atoms with Gasteiger partial charge in [-0.1, -0.05) is 58.3 Å². The highest BCUT2D eigenvalue weighted by Crippen LogP contribution is 2.34. The molecule has 1 rings (SSSR count). The Bertz CT molecular complexity index is 745. The Morgan fingerprint density at radius 3 is 2.50 bits per heavy atom. The topological polar surface area (TPSA) is 37.4 Å². The standard InChI is InChI=1S/C23H30N2O/c1-7-10-11-17(4)12-13-19-14-21(22(9-3)25-5)23(26-6)15-20(19)18(8-2)16-24/h8-9,14-15,17H,7,10-13H2,1-4,6H3/b18-8+,22-9-. The molecular formula is C23H30N2O. The highest BCUT2D eigenvalue weighted by molar-refractivity contribution is 5.83. The van der Waals surface area contributed by atoms with Gasteiger partial charge in [0.05, 0.1) is 25.3 Å². The fourth-order valence-electron chi connectivity index (χ4n) is 3.11. The van der Waals surface area contributed by atoms with Crippen molar-refractivity contribution in [3.8, 4) is 11.8 Å². The monoisotopic (exact) mass is 350 g/mol. The van der Waals surface area contributed by atoms with Crippen molar-refractivity contribution < 1.29 is 4.74 Å². The second kappa shape index (κ2) is 11.2. The van der Waals surface area contributed by atoms with Crippen molar-refractivity contribution in [3.05, 3.63) is 52.4 Å². The lowest BCUT2D eigenvalue weighted by Crippen LogP contribution is -2.02. The Balaban J connectivity index is 3.36. The Hall–Kier alpha value is -2.52. The molecule has 0 spiro atoms. The second-order valence-electron chi connectivity index (χ2n) is 6.60. The lowest BCUT2D eigenvalue weighted by atomic mass is 9.90. The molecule has 138 valence electrons. The third kappa shape index (κ3) is 5.50. The van der Waals surface area contributed by atoms with Gasteiger partial charge in [0.2, 0.25) is 0 Å². The fraction of sp³-hybridized carbons (Fsp3) is 0.478. The van der Waals surface area contributed by atoms with Crippen LogP contribution in [0.15, 0.2) is 24.3 Å². The molecule has 0 fully saturated rings. The van der Waals surface area contributed by atoms with Crippen LogP contribution in [0, 0.1) is 23.8 Å². The summed E-state index contributed by atoms with van der Waals surface area (Å²) in [7, 11) is 1.61. The predicted molar refractivity (Wildman–Crippen MR) is 110 cm³/mol. The smallest absolute Gasteiger partial charge is 0.193 e. The van der Waals surface area contributed by atoms with Gasteiger partial charge in [-0.2, -0.15) is 5.26 Å². The van der Waals surface area contributed by atoms with Crippen molar-refractivity contribution >= 4 is 11.3 Å². The molecule has 0 aromatic heterocycles. The van der Waals surface area contributed by atoms with Crippen LogP contribution in [0.1, 0.15) is 70.1 Å². The van der Waals surface area contributed by atoms with Gasteiger partial charge in [0, 0.05) is 5.56 Å². The number of nitriles is 1. The normalized spacial score (nSPS) is 13.0. The zero-order valence-electron chi connectivity index (χ0n) is 16.7. The number of unbranched alkanes of at least 4 members (excludes halogenated alkanes) is 1. The minimum atomic E-state index is 0.577. The zero-order valence-corrected chi connectivity index (χ0v) is 16.7. The Morgan fingerprint density at radius 1 is 1.27 bits per heavy atom. The van der Waals surface area contributed by atoms with E-state index in [4.69, 9.17) is 11.3 Å². The number of hydrogen-bond acceptors (Lipinski definition) is 2. The van der Waals surface area contributed by atoms with E-state index in [9.17, 15) is 5.26 Å². The van der Waals surface area contributed by atoms with Gasteiger partial charge in [-0.25, -0.2) is 4.85 Å². The van der Waals surface area contributed by atoms with Crippen molar-refractivity contribution in [2.24, 2.45) is 5.92 Å². The summed E-state index contributed by atoms with van der Waals surface area (Å²) in [6, 6.07) is 6.24. The maximum absolute atomic E-state index is 9.51. The first-order valence-corrected chi connectivity index (χ1v) is 9.37. The summed E-state index contributed by atoms with van der Waals surface area (Å²) < 4.78 is 5.52. The largest absolute Gasteiger partial charge is 0.497 e. The van der Waals surface area contributed by atoms with Gasteiger partial charge in [-0.3, -0.25) is 0 Å². The van der Waals surface area contributed by atoms with Crippen molar-refractivity contribution in [2.75, 3.05) is 7.11 Å². The molecule has 0 saturated carbocycles. The van der Waals surface area contributed by atoms with E-state index in [2.05, 4.69) is 24.8 Å². The number of nitrogens with zero attached hydrogens (tertiary/aromatic N) is 2. The van der Waals surface area contributed by atoms with Gasteiger partial charge in [-0.05, 0) is 42.9 Å². The molecule has 0 bridgehead atoms. The maximum atomic E-state index is 9.51. The molecule has 0 radical (unpaired) electrons. The van der Waals surface area contributed by atoms with Crippen LogP contribution in [0.4, 0.5) is 0 Å². The number of ether oxygens (including phenoxy) is 1. The molecule has 26 heavy (non-hydrogen) atoms. The lowest BCUT2D eigenvalue weighted by Gasteiger charge is -2.17. The number of hydrogen-bond donors (Lipinski definition) is 0. The third-order valence-corrected chi connectivity index (χ3v) is 4.75. The summed E-state index contributed by atoms with van der Waals surface area (Å²) >= 11 is 0. The molecule has 0 aliphatic carbocycles. The molecule has 3 heteroatoms. The first kappa shape index (κ1) is 21.5. The van der Waals surface area contributed by atoms with Crippen molar-refractivity contribution in [3.63, 3.8) is 0 Å². The average Bonchev–Trinajstić information content (AvgIpc) is 2.67. The van der Waals surface area contributed by atoms with Crippen LogP contribution in [0.3, 0.4) is 0 Å². The summed E-state index contributed by atoms with van der Waals surface area (Å²) in [5, 5.41) is 9.51. The molecule has 0 saturated heterocycles. The highest BCUT2D eigenvalue weighted by Gasteiger charge is 2.16. The van der Waals surface area contributed by atoms with Gasteiger partial charge in [0.25, 0.3) is 0 Å². The van der Waals surface area contributed by atoms with Crippen LogP contribution in [-0.4, -0.2) is 7.11 Å². The van der Waals surface area contributed by atoms with E-state index in [1.807, 2.05) is 32.1 Å². The molecule has 0 N–H and O–H groups in total. The third-order valence-electron chi connectivity index (χ3n) is 4.75.